The summed E-state index contributed by atoms with van der Waals surface area (Å²) in [5.74, 6) is 0.474. The van der Waals surface area contributed by atoms with Crippen LogP contribution in [0.2, 0.25) is 0 Å². The molecule has 0 unspecified atom stereocenters. The highest BCUT2D eigenvalue weighted by molar-refractivity contribution is 9.10. The molecule has 0 fully saturated rings. The average molecular weight is 465 g/mol. The highest BCUT2D eigenvalue weighted by Gasteiger charge is 2.21. The van der Waals surface area contributed by atoms with Gasteiger partial charge in [-0.15, -0.1) is 0 Å². The minimum absolute atomic E-state index is 0.107. The van der Waals surface area contributed by atoms with Crippen molar-refractivity contribution in [3.05, 3.63) is 58.8 Å². The van der Waals surface area contributed by atoms with E-state index in [4.69, 9.17) is 0 Å². The summed E-state index contributed by atoms with van der Waals surface area (Å²) in [7, 11) is -3.77. The molecule has 0 spiro atoms. The van der Waals surface area contributed by atoms with Gasteiger partial charge in [-0.25, -0.2) is 13.4 Å². The van der Waals surface area contributed by atoms with Gasteiger partial charge in [0.25, 0.3) is 0 Å². The number of imidazole rings is 1. The zero-order chi connectivity index (χ0) is 20.3. The lowest BCUT2D eigenvalue weighted by Gasteiger charge is -2.15. The average Bonchev–Trinajstić information content (AvgIpc) is 2.97. The van der Waals surface area contributed by atoms with Crippen LogP contribution in [0.4, 0.5) is 0 Å². The molecule has 0 bridgehead atoms. The van der Waals surface area contributed by atoms with Crippen molar-refractivity contribution >= 4 is 42.9 Å². The summed E-state index contributed by atoms with van der Waals surface area (Å²) in [6.45, 7) is 4.34. The zero-order valence-electron chi connectivity index (χ0n) is 15.5. The highest BCUT2D eigenvalue weighted by Crippen LogP contribution is 2.16. The van der Waals surface area contributed by atoms with Gasteiger partial charge in [-0.3, -0.25) is 4.79 Å². The van der Waals surface area contributed by atoms with Gasteiger partial charge in [0.1, 0.15) is 5.82 Å². The lowest BCUT2D eigenvalue weighted by atomic mass is 10.3. The first-order chi connectivity index (χ1) is 13.3. The van der Waals surface area contributed by atoms with Crippen molar-refractivity contribution in [2.24, 2.45) is 0 Å². The number of hydrogen-bond donors (Lipinski definition) is 2. The second kappa shape index (κ2) is 8.42. The molecule has 0 saturated heterocycles. The van der Waals surface area contributed by atoms with E-state index in [1.165, 1.54) is 19.1 Å². The fraction of sp³-hybridized carbons (Fsp3) is 0.263. The van der Waals surface area contributed by atoms with Crippen molar-refractivity contribution in [1.29, 1.82) is 0 Å². The molecule has 1 amide bonds. The molecule has 28 heavy (non-hydrogen) atoms. The van der Waals surface area contributed by atoms with E-state index in [1.807, 2.05) is 35.8 Å². The molecule has 0 aliphatic rings. The number of nitrogens with zero attached hydrogens (tertiary/aromatic N) is 2. The summed E-state index contributed by atoms with van der Waals surface area (Å²) < 4.78 is 30.0. The Bertz CT molecular complexity index is 1090. The minimum Gasteiger partial charge on any atom is -0.353 e. The van der Waals surface area contributed by atoms with Crippen molar-refractivity contribution in [2.75, 3.05) is 6.54 Å². The Morgan fingerprint density at radius 2 is 1.86 bits per heavy atom. The van der Waals surface area contributed by atoms with E-state index < -0.39 is 16.1 Å². The van der Waals surface area contributed by atoms with E-state index in [0.29, 0.717) is 13.1 Å². The quantitative estimate of drug-likeness (QED) is 0.561. The second-order valence-corrected chi connectivity index (χ2v) is 9.02. The Hall–Kier alpha value is -2.23. The third-order valence-corrected chi connectivity index (χ3v) is 6.41. The molecule has 0 radical (unpaired) electrons. The largest absolute Gasteiger partial charge is 0.353 e. The van der Waals surface area contributed by atoms with Gasteiger partial charge in [0.05, 0.1) is 22.0 Å². The third-order valence-electron chi connectivity index (χ3n) is 4.33. The van der Waals surface area contributed by atoms with Crippen LogP contribution in [0, 0.1) is 6.92 Å². The van der Waals surface area contributed by atoms with Crippen LogP contribution < -0.4 is 10.0 Å². The van der Waals surface area contributed by atoms with Gasteiger partial charge in [0, 0.05) is 17.6 Å². The maximum Gasteiger partial charge on any atom is 0.241 e. The van der Waals surface area contributed by atoms with Crippen LogP contribution in [0.5, 0.6) is 0 Å². The lowest BCUT2D eigenvalue weighted by molar-refractivity contribution is -0.122. The summed E-state index contributed by atoms with van der Waals surface area (Å²) >= 11 is 3.27. The molecular formula is C19H21BrN4O3S. The highest BCUT2D eigenvalue weighted by atomic mass is 79.9. The van der Waals surface area contributed by atoms with Crippen molar-refractivity contribution in [3.63, 3.8) is 0 Å². The Morgan fingerprint density at radius 1 is 1.18 bits per heavy atom. The number of sulfonamides is 1. The van der Waals surface area contributed by atoms with Crippen LogP contribution in [0.1, 0.15) is 12.7 Å². The summed E-state index contributed by atoms with van der Waals surface area (Å²) in [6.07, 6.45) is 0. The molecule has 0 aliphatic carbocycles. The molecule has 0 saturated carbocycles. The van der Waals surface area contributed by atoms with Crippen LogP contribution in [-0.2, 0) is 21.4 Å². The number of halogens is 1. The molecule has 148 valence electrons. The van der Waals surface area contributed by atoms with Gasteiger partial charge in [0.15, 0.2) is 0 Å². The number of rotatable bonds is 7. The van der Waals surface area contributed by atoms with Crippen molar-refractivity contribution in [1.82, 2.24) is 19.6 Å². The van der Waals surface area contributed by atoms with Crippen LogP contribution in [0.25, 0.3) is 11.0 Å². The Balaban J connectivity index is 1.58. The van der Waals surface area contributed by atoms with E-state index in [2.05, 4.69) is 31.0 Å². The molecule has 1 aromatic heterocycles. The number of para-hydroxylation sites is 2. The van der Waals surface area contributed by atoms with E-state index in [1.54, 1.807) is 12.1 Å². The topological polar surface area (TPSA) is 93.1 Å². The number of nitrogens with one attached hydrogen (secondary N) is 2. The predicted octanol–water partition coefficient (Wildman–Crippen LogP) is 2.59. The number of fused-ring (bicyclic) bond motifs is 1. The van der Waals surface area contributed by atoms with Crippen LogP contribution >= 0.6 is 15.9 Å². The van der Waals surface area contributed by atoms with Gasteiger partial charge in [0.2, 0.25) is 15.9 Å². The van der Waals surface area contributed by atoms with Crippen molar-refractivity contribution < 1.29 is 13.2 Å². The molecule has 3 aromatic rings. The van der Waals surface area contributed by atoms with Gasteiger partial charge < -0.3 is 9.88 Å². The normalized spacial score (nSPS) is 12.8. The van der Waals surface area contributed by atoms with Crippen molar-refractivity contribution in [2.45, 2.75) is 31.3 Å². The van der Waals surface area contributed by atoms with Gasteiger partial charge in [-0.2, -0.15) is 4.72 Å². The number of carbonyl (C=O) groups is 1. The maximum absolute atomic E-state index is 12.4. The van der Waals surface area contributed by atoms with E-state index in [0.717, 1.165) is 21.3 Å². The fourth-order valence-electron chi connectivity index (χ4n) is 2.89. The van der Waals surface area contributed by atoms with E-state index in [9.17, 15) is 13.2 Å². The van der Waals surface area contributed by atoms with Gasteiger partial charge >= 0.3 is 0 Å². The molecule has 0 aliphatic heterocycles. The van der Waals surface area contributed by atoms with Crippen LogP contribution in [0.3, 0.4) is 0 Å². The molecular weight excluding hydrogens is 444 g/mol. The molecule has 1 atom stereocenters. The lowest BCUT2D eigenvalue weighted by Crippen LogP contribution is -2.45. The van der Waals surface area contributed by atoms with E-state index in [-0.39, 0.29) is 10.8 Å². The summed E-state index contributed by atoms with van der Waals surface area (Å²) in [4.78, 5) is 16.9. The Labute approximate surface area is 172 Å². The summed E-state index contributed by atoms with van der Waals surface area (Å²) in [5.41, 5.74) is 1.90. The third kappa shape index (κ3) is 4.60. The Morgan fingerprint density at radius 3 is 2.57 bits per heavy atom. The first-order valence-corrected chi connectivity index (χ1v) is 11.0. The van der Waals surface area contributed by atoms with E-state index >= 15 is 0 Å². The second-order valence-electron chi connectivity index (χ2n) is 6.39. The summed E-state index contributed by atoms with van der Waals surface area (Å²) in [5, 5.41) is 2.77. The fourth-order valence-corrected chi connectivity index (χ4v) is 4.36. The molecule has 3 rings (SSSR count). The van der Waals surface area contributed by atoms with Crippen molar-refractivity contribution in [3.8, 4) is 0 Å². The monoisotopic (exact) mass is 464 g/mol. The number of carbonyl (C=O) groups excluding carboxylic acids is 1. The number of aromatic nitrogens is 2. The first-order valence-electron chi connectivity index (χ1n) is 8.75. The number of aryl methyl sites for hydroxylation is 1. The first kappa shape index (κ1) is 20.5. The number of hydrogen-bond acceptors (Lipinski definition) is 4. The maximum atomic E-state index is 12.4. The predicted molar refractivity (Wildman–Crippen MR) is 111 cm³/mol. The summed E-state index contributed by atoms with van der Waals surface area (Å²) in [6, 6.07) is 13.1. The zero-order valence-corrected chi connectivity index (χ0v) is 17.9. The standard InChI is InChI=1S/C19H21BrN4O3S/c1-13(23-28(26,27)16-9-7-15(20)8-10-16)19(25)21-11-12-24-14(2)22-17-5-3-4-6-18(17)24/h3-10,13,23H,11-12H2,1-2H3,(H,21,25)/t13-/m0/s1. The Kier molecular flexibility index (Phi) is 6.17. The minimum atomic E-state index is -3.77. The molecule has 2 N–H and O–H groups in total. The SMILES string of the molecule is Cc1nc2ccccc2n1CCNC(=O)[C@H](C)NS(=O)(=O)c1ccc(Br)cc1. The van der Waals surface area contributed by atoms with Crippen LogP contribution in [0.15, 0.2) is 57.9 Å². The van der Waals surface area contributed by atoms with Crippen LogP contribution in [-0.4, -0.2) is 36.5 Å². The molecule has 7 nitrogen and oxygen atoms in total. The molecule has 9 heteroatoms. The van der Waals surface area contributed by atoms with Gasteiger partial charge in [-0.1, -0.05) is 28.1 Å². The molecule has 1 heterocycles. The molecule has 2 aromatic carbocycles. The number of benzene rings is 2. The van der Waals surface area contributed by atoms with Gasteiger partial charge in [-0.05, 0) is 50.2 Å². The number of amides is 1. The smallest absolute Gasteiger partial charge is 0.241 e.